The van der Waals surface area contributed by atoms with Crippen LogP contribution < -0.4 is 16.8 Å². The Bertz CT molecular complexity index is 1950. The van der Waals surface area contributed by atoms with Crippen LogP contribution in [-0.2, 0) is 35.8 Å². The minimum Gasteiger partial charge on any atom is -0.398 e. The Balaban J connectivity index is 0.000000271. The predicted molar refractivity (Wildman–Crippen MR) is 161 cm³/mol. The minimum atomic E-state index is -4.45. The van der Waals surface area contributed by atoms with Gasteiger partial charge in [-0.05, 0) is 48.0 Å². The average molecular weight is 656 g/mol. The van der Waals surface area contributed by atoms with Gasteiger partial charge in [-0.25, -0.2) is 8.42 Å². The summed E-state index contributed by atoms with van der Waals surface area (Å²) < 4.78 is 85.9. The van der Waals surface area contributed by atoms with Crippen molar-refractivity contribution in [3.8, 4) is 0 Å². The molecule has 0 spiro atoms. The molecule has 0 radical (unpaired) electrons. The van der Waals surface area contributed by atoms with Crippen LogP contribution in [0.2, 0.25) is 0 Å². The summed E-state index contributed by atoms with van der Waals surface area (Å²) in [6, 6.07) is 19.1. The Hall–Kier alpha value is -3.73. The zero-order valence-electron chi connectivity index (χ0n) is 21.6. The molecule has 4 aromatic carbocycles. The third-order valence-electron chi connectivity index (χ3n) is 5.73. The van der Waals surface area contributed by atoms with Gasteiger partial charge in [0.05, 0.1) is 17.2 Å². The van der Waals surface area contributed by atoms with Gasteiger partial charge >= 0.3 is 0 Å². The number of nitrogen functional groups attached to an aromatic ring is 2. The number of halogens is 1. The lowest BCUT2D eigenvalue weighted by atomic mass is 10.1. The molecule has 0 aromatic heterocycles. The maximum Gasteiger partial charge on any atom is 0.296 e. The van der Waals surface area contributed by atoms with Gasteiger partial charge in [-0.1, -0.05) is 36.4 Å². The van der Waals surface area contributed by atoms with Crippen LogP contribution in [0.5, 0.6) is 0 Å². The molecule has 4 aromatic rings. The molecule has 0 bridgehead atoms. The molecule has 224 valence electrons. The summed E-state index contributed by atoms with van der Waals surface area (Å²) >= 11 is 5.45. The number of hydrogen-bond acceptors (Lipinski definition) is 9. The summed E-state index contributed by atoms with van der Waals surface area (Å²) in [5, 5.41) is 3.58. The lowest BCUT2D eigenvalue weighted by Gasteiger charge is -2.09. The highest BCUT2D eigenvalue weighted by atomic mass is 35.5. The number of carbonyl (C=O) groups excluding carboxylic acids is 1. The molecule has 0 aliphatic carbocycles. The number of alkyl halides is 1. The van der Waals surface area contributed by atoms with Gasteiger partial charge in [0.15, 0.2) is 9.84 Å². The SMILES string of the molecule is Nc1cc(NC(=O)c2ccc(CS(=O)(=O)CCCl)cc2)ccc1S(=O)(=O)O.Nc1cccc2c(S(=O)(=O)O)cccc12. The van der Waals surface area contributed by atoms with E-state index < -0.39 is 40.9 Å². The van der Waals surface area contributed by atoms with E-state index in [1.165, 1.54) is 42.5 Å². The maximum atomic E-state index is 12.3. The molecule has 0 atom stereocenters. The average Bonchev–Trinajstić information content (AvgIpc) is 2.88. The van der Waals surface area contributed by atoms with Gasteiger partial charge in [-0.3, -0.25) is 13.9 Å². The molecular formula is C26H26ClN3O9S3. The lowest BCUT2D eigenvalue weighted by Crippen LogP contribution is -2.13. The number of sulfone groups is 1. The molecule has 0 unspecified atom stereocenters. The van der Waals surface area contributed by atoms with Gasteiger partial charge in [0.25, 0.3) is 26.1 Å². The topological polar surface area (TPSA) is 224 Å². The lowest BCUT2D eigenvalue weighted by molar-refractivity contribution is 0.102. The Kier molecular flexibility index (Phi) is 10.2. The van der Waals surface area contributed by atoms with Crippen molar-refractivity contribution in [2.45, 2.75) is 15.5 Å². The van der Waals surface area contributed by atoms with Gasteiger partial charge in [0.1, 0.15) is 9.79 Å². The van der Waals surface area contributed by atoms with Crippen LogP contribution in [0, 0.1) is 0 Å². The number of nitrogens with two attached hydrogens (primary N) is 2. The first kappa shape index (κ1) is 32.8. The van der Waals surface area contributed by atoms with Crippen LogP contribution in [0.1, 0.15) is 15.9 Å². The van der Waals surface area contributed by atoms with Crippen molar-refractivity contribution < 1.29 is 39.2 Å². The number of nitrogens with one attached hydrogen (secondary N) is 1. The second-order valence-electron chi connectivity index (χ2n) is 8.83. The number of rotatable bonds is 8. The number of hydrogen-bond donors (Lipinski definition) is 5. The first-order chi connectivity index (χ1) is 19.5. The third kappa shape index (κ3) is 8.64. The van der Waals surface area contributed by atoms with Gasteiger partial charge < -0.3 is 16.8 Å². The zero-order valence-corrected chi connectivity index (χ0v) is 24.8. The molecule has 0 fully saturated rings. The minimum absolute atomic E-state index is 0.0162. The van der Waals surface area contributed by atoms with Gasteiger partial charge in [-0.15, -0.1) is 11.6 Å². The second-order valence-corrected chi connectivity index (χ2v) is 14.2. The van der Waals surface area contributed by atoms with E-state index in [2.05, 4.69) is 5.32 Å². The van der Waals surface area contributed by atoms with E-state index in [0.717, 1.165) is 6.07 Å². The summed E-state index contributed by atoms with van der Waals surface area (Å²) in [6.45, 7) is 0. The second kappa shape index (κ2) is 13.1. The summed E-state index contributed by atoms with van der Waals surface area (Å²) in [5.41, 5.74) is 12.6. The summed E-state index contributed by atoms with van der Waals surface area (Å²) in [7, 11) is -12.0. The van der Waals surface area contributed by atoms with Crippen LogP contribution in [0.25, 0.3) is 10.8 Å². The van der Waals surface area contributed by atoms with Crippen molar-refractivity contribution in [3.05, 3.63) is 90.0 Å². The van der Waals surface area contributed by atoms with Gasteiger partial charge in [0, 0.05) is 33.6 Å². The number of anilines is 3. The van der Waals surface area contributed by atoms with Crippen LogP contribution in [-0.4, -0.2) is 51.9 Å². The smallest absolute Gasteiger partial charge is 0.296 e. The quantitative estimate of drug-likeness (QED) is 0.105. The Morgan fingerprint density at radius 3 is 1.90 bits per heavy atom. The first-order valence-electron chi connectivity index (χ1n) is 11.8. The molecule has 4 rings (SSSR count). The molecule has 0 saturated heterocycles. The standard InChI is InChI=1S/C16H17ClN2O6S2.C10H9NO3S/c17-7-8-26(21,22)10-11-1-3-12(4-2-11)16(20)19-13-5-6-15(14(18)9-13)27(23,24)25;11-9-5-1-4-8-7(9)3-2-6-10(8)15(12,13)14/h1-6,9H,7-8,10,18H2,(H,19,20)(H,23,24,25);1-6H,11H2,(H,12,13,14). The molecule has 0 aliphatic rings. The summed E-state index contributed by atoms with van der Waals surface area (Å²) in [6.07, 6.45) is 0. The molecule has 0 aliphatic heterocycles. The van der Waals surface area contributed by atoms with Crippen molar-refractivity contribution >= 4 is 75.4 Å². The van der Waals surface area contributed by atoms with Gasteiger partial charge in [-0.2, -0.15) is 16.8 Å². The number of fused-ring (bicyclic) bond motifs is 1. The van der Waals surface area contributed by atoms with Crippen molar-refractivity contribution in [1.82, 2.24) is 0 Å². The van der Waals surface area contributed by atoms with E-state index >= 15 is 0 Å². The number of carbonyl (C=O) groups is 1. The molecule has 42 heavy (non-hydrogen) atoms. The molecular weight excluding hydrogens is 630 g/mol. The van der Waals surface area contributed by atoms with Crippen LogP contribution in [0.4, 0.5) is 17.1 Å². The summed E-state index contributed by atoms with van der Waals surface area (Å²) in [5.74, 6) is -0.779. The molecule has 16 heteroatoms. The van der Waals surface area contributed by atoms with Crippen LogP contribution in [0.15, 0.2) is 88.7 Å². The number of amides is 1. The van der Waals surface area contributed by atoms with E-state index in [-0.39, 0.29) is 39.2 Å². The largest absolute Gasteiger partial charge is 0.398 e. The zero-order chi connectivity index (χ0) is 31.3. The van der Waals surface area contributed by atoms with E-state index in [9.17, 15) is 30.0 Å². The fourth-order valence-electron chi connectivity index (χ4n) is 3.79. The van der Waals surface area contributed by atoms with Crippen molar-refractivity contribution in [2.75, 3.05) is 28.4 Å². The predicted octanol–water partition coefficient (Wildman–Crippen LogP) is 3.59. The van der Waals surface area contributed by atoms with E-state index in [1.54, 1.807) is 30.3 Å². The Morgan fingerprint density at radius 1 is 0.738 bits per heavy atom. The Morgan fingerprint density at radius 2 is 1.33 bits per heavy atom. The third-order valence-corrected chi connectivity index (χ3v) is 9.58. The highest BCUT2D eigenvalue weighted by Gasteiger charge is 2.16. The maximum absolute atomic E-state index is 12.3. The van der Waals surface area contributed by atoms with Crippen molar-refractivity contribution in [3.63, 3.8) is 0 Å². The highest BCUT2D eigenvalue weighted by Crippen LogP contribution is 2.27. The monoisotopic (exact) mass is 655 g/mol. The van der Waals surface area contributed by atoms with Crippen LogP contribution in [0.3, 0.4) is 0 Å². The Labute approximate surface area is 247 Å². The molecule has 0 heterocycles. The van der Waals surface area contributed by atoms with E-state index in [0.29, 0.717) is 22.0 Å². The van der Waals surface area contributed by atoms with Crippen LogP contribution >= 0.6 is 11.6 Å². The fourth-order valence-corrected chi connectivity index (χ4v) is 6.88. The van der Waals surface area contributed by atoms with Crippen molar-refractivity contribution in [1.29, 1.82) is 0 Å². The number of benzene rings is 4. The van der Waals surface area contributed by atoms with E-state index in [1.807, 2.05) is 0 Å². The first-order valence-corrected chi connectivity index (χ1v) is 17.0. The summed E-state index contributed by atoms with van der Waals surface area (Å²) in [4.78, 5) is 11.7. The molecule has 1 amide bonds. The van der Waals surface area contributed by atoms with Gasteiger partial charge in [0.2, 0.25) is 0 Å². The molecule has 7 N–H and O–H groups in total. The highest BCUT2D eigenvalue weighted by molar-refractivity contribution is 7.90. The molecule has 12 nitrogen and oxygen atoms in total. The molecule has 0 saturated carbocycles. The van der Waals surface area contributed by atoms with E-state index in [4.69, 9.17) is 32.2 Å². The fraction of sp³-hybridized carbons (Fsp3) is 0.115. The normalized spacial score (nSPS) is 11.9. The van der Waals surface area contributed by atoms with Crippen molar-refractivity contribution in [2.24, 2.45) is 0 Å².